The molecule has 2 rings (SSSR count). The maximum absolute atomic E-state index is 12.4. The highest BCUT2D eigenvalue weighted by Crippen LogP contribution is 2.28. The van der Waals surface area contributed by atoms with Gasteiger partial charge in [0.2, 0.25) is 0 Å². The first-order chi connectivity index (χ1) is 10.2. The number of halogens is 1. The van der Waals surface area contributed by atoms with Gasteiger partial charge in [-0.25, -0.2) is 8.42 Å². The van der Waals surface area contributed by atoms with Crippen LogP contribution in [0.1, 0.15) is 11.1 Å². The van der Waals surface area contributed by atoms with Crippen molar-refractivity contribution < 1.29 is 8.42 Å². The van der Waals surface area contributed by atoms with Gasteiger partial charge in [0.25, 0.3) is 10.0 Å². The third kappa shape index (κ3) is 3.54. The zero-order valence-corrected chi connectivity index (χ0v) is 14.6. The van der Waals surface area contributed by atoms with E-state index in [1.54, 1.807) is 36.4 Å². The maximum Gasteiger partial charge on any atom is 0.261 e. The fraction of sp³-hybridized carbons (Fsp3) is 0.250. The maximum atomic E-state index is 12.4. The number of anilines is 2. The summed E-state index contributed by atoms with van der Waals surface area (Å²) in [6.45, 7) is 3.83. The molecule has 0 saturated carbocycles. The van der Waals surface area contributed by atoms with Crippen molar-refractivity contribution in [3.05, 3.63) is 52.5 Å². The first-order valence-corrected chi connectivity index (χ1v) is 8.64. The molecule has 0 fully saturated rings. The number of nitrogens with zero attached hydrogens (tertiary/aromatic N) is 1. The lowest BCUT2D eigenvalue weighted by atomic mass is 10.1. The summed E-state index contributed by atoms with van der Waals surface area (Å²) in [6, 6.07) is 10.1. The summed E-state index contributed by atoms with van der Waals surface area (Å²) in [5, 5.41) is 0.491. The Hall–Kier alpha value is -1.72. The summed E-state index contributed by atoms with van der Waals surface area (Å²) in [5.74, 6) is 0. The van der Waals surface area contributed by atoms with E-state index in [1.807, 2.05) is 32.8 Å². The van der Waals surface area contributed by atoms with Gasteiger partial charge in [-0.05, 0) is 55.3 Å². The van der Waals surface area contributed by atoms with E-state index in [2.05, 4.69) is 4.72 Å². The Morgan fingerprint density at radius 1 is 1.00 bits per heavy atom. The molecular weight excluding hydrogens is 320 g/mol. The normalized spacial score (nSPS) is 11.3. The monoisotopic (exact) mass is 338 g/mol. The lowest BCUT2D eigenvalue weighted by Gasteiger charge is -2.16. The third-order valence-electron chi connectivity index (χ3n) is 3.47. The minimum atomic E-state index is -3.62. The molecule has 0 heterocycles. The van der Waals surface area contributed by atoms with Crippen molar-refractivity contribution in [3.63, 3.8) is 0 Å². The summed E-state index contributed by atoms with van der Waals surface area (Å²) >= 11 is 6.17. The summed E-state index contributed by atoms with van der Waals surface area (Å²) in [7, 11) is 0.126. The van der Waals surface area contributed by atoms with E-state index in [0.29, 0.717) is 10.7 Å². The predicted molar refractivity (Wildman–Crippen MR) is 92.5 cm³/mol. The van der Waals surface area contributed by atoms with Crippen LogP contribution < -0.4 is 9.62 Å². The molecular formula is C16H19ClN2O2S. The Morgan fingerprint density at radius 2 is 1.68 bits per heavy atom. The van der Waals surface area contributed by atoms with Crippen molar-refractivity contribution >= 4 is 33.0 Å². The second kappa shape index (κ2) is 6.18. The van der Waals surface area contributed by atoms with E-state index < -0.39 is 10.0 Å². The molecule has 2 aromatic rings. The molecule has 6 heteroatoms. The van der Waals surface area contributed by atoms with E-state index in [4.69, 9.17) is 11.6 Å². The SMILES string of the molecule is Cc1ccc(S(=O)(=O)Nc2ccc(N(C)C)c(Cl)c2)cc1C. The minimum absolute atomic E-state index is 0.239. The second-order valence-electron chi connectivity index (χ2n) is 5.41. The van der Waals surface area contributed by atoms with E-state index in [-0.39, 0.29) is 4.90 Å². The number of hydrogen-bond acceptors (Lipinski definition) is 3. The minimum Gasteiger partial charge on any atom is -0.376 e. The van der Waals surface area contributed by atoms with Gasteiger partial charge in [-0.1, -0.05) is 17.7 Å². The molecule has 0 spiro atoms. The van der Waals surface area contributed by atoms with Crippen molar-refractivity contribution in [3.8, 4) is 0 Å². The summed E-state index contributed by atoms with van der Waals surface area (Å²) in [5.41, 5.74) is 3.26. The van der Waals surface area contributed by atoms with Gasteiger partial charge in [-0.2, -0.15) is 0 Å². The standard InChI is InChI=1S/C16H19ClN2O2S/c1-11-5-7-14(9-12(11)2)22(20,21)18-13-6-8-16(19(3)4)15(17)10-13/h5-10,18H,1-4H3. The molecule has 22 heavy (non-hydrogen) atoms. The van der Waals surface area contributed by atoms with Crippen LogP contribution in [0.15, 0.2) is 41.3 Å². The van der Waals surface area contributed by atoms with Crippen molar-refractivity contribution in [2.24, 2.45) is 0 Å². The van der Waals surface area contributed by atoms with Crippen molar-refractivity contribution in [2.45, 2.75) is 18.7 Å². The first-order valence-electron chi connectivity index (χ1n) is 6.77. The topological polar surface area (TPSA) is 49.4 Å². The quantitative estimate of drug-likeness (QED) is 0.921. The van der Waals surface area contributed by atoms with Gasteiger partial charge in [-0.15, -0.1) is 0 Å². The Kier molecular flexibility index (Phi) is 4.68. The van der Waals surface area contributed by atoms with Gasteiger partial charge in [0.15, 0.2) is 0 Å². The van der Waals surface area contributed by atoms with Crippen LogP contribution in [0, 0.1) is 13.8 Å². The molecule has 4 nitrogen and oxygen atoms in total. The van der Waals surface area contributed by atoms with Gasteiger partial charge in [-0.3, -0.25) is 4.72 Å². The van der Waals surface area contributed by atoms with Crippen LogP contribution >= 0.6 is 11.6 Å². The molecule has 0 aliphatic heterocycles. The summed E-state index contributed by atoms with van der Waals surface area (Å²) in [4.78, 5) is 2.10. The summed E-state index contributed by atoms with van der Waals surface area (Å²) in [6.07, 6.45) is 0. The predicted octanol–water partition coefficient (Wildman–Crippen LogP) is 3.82. The molecule has 2 aromatic carbocycles. The van der Waals surface area contributed by atoms with E-state index in [1.165, 1.54) is 0 Å². The Bertz CT molecular complexity index is 802. The highest BCUT2D eigenvalue weighted by molar-refractivity contribution is 7.92. The number of aryl methyl sites for hydroxylation is 2. The van der Waals surface area contributed by atoms with Crippen LogP contribution in [0.3, 0.4) is 0 Å². The second-order valence-corrected chi connectivity index (χ2v) is 7.50. The number of hydrogen-bond donors (Lipinski definition) is 1. The molecule has 0 radical (unpaired) electrons. The number of sulfonamides is 1. The fourth-order valence-corrected chi connectivity index (χ4v) is 3.51. The largest absolute Gasteiger partial charge is 0.376 e. The van der Waals surface area contributed by atoms with E-state index in [0.717, 1.165) is 16.8 Å². The van der Waals surface area contributed by atoms with Gasteiger partial charge in [0, 0.05) is 14.1 Å². The van der Waals surface area contributed by atoms with Gasteiger partial charge in [0.1, 0.15) is 0 Å². The van der Waals surface area contributed by atoms with Crippen molar-refractivity contribution in [1.29, 1.82) is 0 Å². The van der Waals surface area contributed by atoms with Gasteiger partial charge < -0.3 is 4.90 Å². The Labute approximate surface area is 136 Å². The van der Waals surface area contributed by atoms with Crippen LogP contribution in [0.5, 0.6) is 0 Å². The zero-order chi connectivity index (χ0) is 16.5. The number of nitrogens with one attached hydrogen (secondary N) is 1. The summed E-state index contributed by atoms with van der Waals surface area (Å²) < 4.78 is 27.4. The highest BCUT2D eigenvalue weighted by atomic mass is 35.5. The molecule has 0 unspecified atom stereocenters. The van der Waals surface area contributed by atoms with Crippen LogP contribution in [0.2, 0.25) is 5.02 Å². The first kappa shape index (κ1) is 16.6. The zero-order valence-electron chi connectivity index (χ0n) is 13.0. The number of rotatable bonds is 4. The van der Waals surface area contributed by atoms with Crippen molar-refractivity contribution in [2.75, 3.05) is 23.7 Å². The third-order valence-corrected chi connectivity index (χ3v) is 5.15. The lowest BCUT2D eigenvalue weighted by Crippen LogP contribution is -2.14. The lowest BCUT2D eigenvalue weighted by molar-refractivity contribution is 0.601. The molecule has 0 saturated heterocycles. The highest BCUT2D eigenvalue weighted by Gasteiger charge is 2.15. The van der Waals surface area contributed by atoms with E-state index in [9.17, 15) is 8.42 Å². The molecule has 118 valence electrons. The van der Waals surface area contributed by atoms with Gasteiger partial charge in [0.05, 0.1) is 21.3 Å². The molecule has 0 aromatic heterocycles. The average Bonchev–Trinajstić information content (AvgIpc) is 2.40. The smallest absolute Gasteiger partial charge is 0.261 e. The van der Waals surface area contributed by atoms with Crippen LogP contribution in [0.4, 0.5) is 11.4 Å². The number of benzene rings is 2. The molecule has 0 aliphatic rings. The average molecular weight is 339 g/mol. The fourth-order valence-electron chi connectivity index (χ4n) is 2.03. The van der Waals surface area contributed by atoms with E-state index >= 15 is 0 Å². The van der Waals surface area contributed by atoms with Gasteiger partial charge >= 0.3 is 0 Å². The molecule has 0 aliphatic carbocycles. The molecule has 0 atom stereocenters. The van der Waals surface area contributed by atoms with Crippen LogP contribution in [-0.2, 0) is 10.0 Å². The van der Waals surface area contributed by atoms with Crippen molar-refractivity contribution in [1.82, 2.24) is 0 Å². The van der Waals surface area contributed by atoms with Crippen LogP contribution in [-0.4, -0.2) is 22.5 Å². The van der Waals surface area contributed by atoms with Crippen LogP contribution in [0.25, 0.3) is 0 Å². The Balaban J connectivity index is 2.32. The Morgan fingerprint density at radius 3 is 2.23 bits per heavy atom. The molecule has 1 N–H and O–H groups in total. The molecule has 0 amide bonds. The molecule has 0 bridgehead atoms.